The first-order valence-corrected chi connectivity index (χ1v) is 9.82. The van der Waals surface area contributed by atoms with Gasteiger partial charge in [0.15, 0.2) is 5.75 Å². The Morgan fingerprint density at radius 3 is 2.40 bits per heavy atom. The number of nitrogens with zero attached hydrogens (tertiary/aromatic N) is 1. The molecule has 1 atom stereocenters. The molecule has 0 bridgehead atoms. The average Bonchev–Trinajstić information content (AvgIpc) is 3.46. The summed E-state index contributed by atoms with van der Waals surface area (Å²) < 4.78 is 47.9. The van der Waals surface area contributed by atoms with E-state index in [-0.39, 0.29) is 22.4 Å². The number of ether oxygens (including phenoxy) is 1. The summed E-state index contributed by atoms with van der Waals surface area (Å²) in [4.78, 5) is 12.9. The van der Waals surface area contributed by atoms with Gasteiger partial charge in [0.05, 0.1) is 18.7 Å². The van der Waals surface area contributed by atoms with Gasteiger partial charge >= 0.3 is 0 Å². The molecule has 1 saturated carbocycles. The number of halogens is 3. The zero-order valence-electron chi connectivity index (χ0n) is 17.0. The zero-order chi connectivity index (χ0) is 21.6. The van der Waals surface area contributed by atoms with Crippen molar-refractivity contribution in [2.75, 3.05) is 12.4 Å². The SMILES string of the molecule is COc1c(=O)n(C2(C)CC2)cc2c(N[C@H](C)c3cccc(C(F)F)c3F)cccc12. The number of fused-ring (bicyclic) bond motifs is 1. The van der Waals surface area contributed by atoms with Crippen LogP contribution in [0.1, 0.15) is 50.3 Å². The van der Waals surface area contributed by atoms with Gasteiger partial charge < -0.3 is 14.6 Å². The summed E-state index contributed by atoms with van der Waals surface area (Å²) in [7, 11) is 1.46. The van der Waals surface area contributed by atoms with Crippen molar-refractivity contribution in [1.29, 1.82) is 0 Å². The minimum absolute atomic E-state index is 0.152. The molecule has 1 aliphatic carbocycles. The van der Waals surface area contributed by atoms with Gasteiger partial charge in [0, 0.05) is 33.8 Å². The molecule has 1 heterocycles. The Bertz CT molecular complexity index is 1170. The van der Waals surface area contributed by atoms with Crippen LogP contribution < -0.4 is 15.6 Å². The number of nitrogens with one attached hydrogen (secondary N) is 1. The average molecular weight is 416 g/mol. The van der Waals surface area contributed by atoms with Crippen molar-refractivity contribution in [2.24, 2.45) is 0 Å². The van der Waals surface area contributed by atoms with E-state index in [0.29, 0.717) is 11.1 Å². The summed E-state index contributed by atoms with van der Waals surface area (Å²) >= 11 is 0. The van der Waals surface area contributed by atoms with Crippen molar-refractivity contribution in [1.82, 2.24) is 4.57 Å². The van der Waals surface area contributed by atoms with E-state index >= 15 is 0 Å². The first kappa shape index (κ1) is 20.3. The maximum Gasteiger partial charge on any atom is 0.294 e. The molecule has 4 nitrogen and oxygen atoms in total. The highest BCUT2D eigenvalue weighted by atomic mass is 19.3. The van der Waals surface area contributed by atoms with Crippen molar-refractivity contribution < 1.29 is 17.9 Å². The molecule has 4 rings (SSSR count). The molecule has 0 saturated heterocycles. The van der Waals surface area contributed by atoms with E-state index in [1.54, 1.807) is 29.8 Å². The van der Waals surface area contributed by atoms with Crippen LogP contribution in [0.4, 0.5) is 18.9 Å². The summed E-state index contributed by atoms with van der Waals surface area (Å²) in [6, 6.07) is 8.82. The normalized spacial score (nSPS) is 16.0. The first-order valence-electron chi connectivity index (χ1n) is 9.82. The number of rotatable bonds is 6. The lowest BCUT2D eigenvalue weighted by atomic mass is 10.0. The molecular formula is C23H23F3N2O2. The summed E-state index contributed by atoms with van der Waals surface area (Å²) in [5, 5.41) is 4.61. The fourth-order valence-electron chi connectivity index (χ4n) is 3.84. The highest BCUT2D eigenvalue weighted by Crippen LogP contribution is 2.43. The molecule has 1 fully saturated rings. The maximum atomic E-state index is 14.6. The quantitative estimate of drug-likeness (QED) is 0.555. The third-order valence-electron chi connectivity index (χ3n) is 5.91. The topological polar surface area (TPSA) is 43.3 Å². The summed E-state index contributed by atoms with van der Waals surface area (Å²) in [6.45, 7) is 3.73. The number of pyridine rings is 1. The van der Waals surface area contributed by atoms with E-state index in [9.17, 15) is 18.0 Å². The number of anilines is 1. The molecule has 1 aromatic heterocycles. The highest BCUT2D eigenvalue weighted by molar-refractivity contribution is 5.97. The molecule has 3 aromatic rings. The Labute approximate surface area is 172 Å². The van der Waals surface area contributed by atoms with E-state index in [0.717, 1.165) is 24.3 Å². The summed E-state index contributed by atoms with van der Waals surface area (Å²) in [6.07, 6.45) is 0.722. The predicted molar refractivity (Wildman–Crippen MR) is 111 cm³/mol. The van der Waals surface area contributed by atoms with Gasteiger partial charge in [-0.2, -0.15) is 0 Å². The maximum absolute atomic E-state index is 14.6. The van der Waals surface area contributed by atoms with Crippen molar-refractivity contribution in [3.63, 3.8) is 0 Å². The van der Waals surface area contributed by atoms with E-state index in [1.807, 2.05) is 13.0 Å². The Morgan fingerprint density at radius 1 is 1.10 bits per heavy atom. The molecule has 30 heavy (non-hydrogen) atoms. The van der Waals surface area contributed by atoms with E-state index in [2.05, 4.69) is 5.32 Å². The number of benzene rings is 2. The molecule has 0 amide bonds. The second-order valence-electron chi connectivity index (χ2n) is 8.02. The van der Waals surface area contributed by atoms with Gasteiger partial charge in [-0.1, -0.05) is 30.3 Å². The molecule has 0 spiro atoms. The number of aromatic nitrogens is 1. The van der Waals surface area contributed by atoms with Crippen LogP contribution in [-0.2, 0) is 5.54 Å². The van der Waals surface area contributed by atoms with Gasteiger partial charge in [0.2, 0.25) is 0 Å². The van der Waals surface area contributed by atoms with Crippen LogP contribution in [0.25, 0.3) is 10.8 Å². The lowest BCUT2D eigenvalue weighted by Gasteiger charge is -2.21. The lowest BCUT2D eigenvalue weighted by Crippen LogP contribution is -2.28. The lowest BCUT2D eigenvalue weighted by molar-refractivity contribution is 0.146. The van der Waals surface area contributed by atoms with Crippen LogP contribution in [0.2, 0.25) is 0 Å². The molecular weight excluding hydrogens is 393 g/mol. The van der Waals surface area contributed by atoms with Gasteiger partial charge in [-0.15, -0.1) is 0 Å². The number of alkyl halides is 2. The fourth-order valence-corrected chi connectivity index (χ4v) is 3.84. The number of hydrogen-bond donors (Lipinski definition) is 1. The van der Waals surface area contributed by atoms with Gasteiger partial charge in [0.1, 0.15) is 5.82 Å². The predicted octanol–water partition coefficient (Wildman–Crippen LogP) is 5.77. The smallest absolute Gasteiger partial charge is 0.294 e. The van der Waals surface area contributed by atoms with E-state index < -0.39 is 23.8 Å². The van der Waals surface area contributed by atoms with Gasteiger partial charge in [-0.25, -0.2) is 13.2 Å². The van der Waals surface area contributed by atoms with Crippen LogP contribution in [-0.4, -0.2) is 11.7 Å². The van der Waals surface area contributed by atoms with E-state index in [4.69, 9.17) is 4.74 Å². The second kappa shape index (κ2) is 7.38. The monoisotopic (exact) mass is 416 g/mol. The first-order chi connectivity index (χ1) is 14.3. The third kappa shape index (κ3) is 3.32. The van der Waals surface area contributed by atoms with Gasteiger partial charge in [-0.3, -0.25) is 4.79 Å². The molecule has 2 aromatic carbocycles. The van der Waals surface area contributed by atoms with Crippen molar-refractivity contribution in [2.45, 2.75) is 44.7 Å². The molecule has 158 valence electrons. The molecule has 7 heteroatoms. The molecule has 1 aliphatic rings. The van der Waals surface area contributed by atoms with Gasteiger partial charge in [-0.05, 0) is 32.8 Å². The van der Waals surface area contributed by atoms with Crippen LogP contribution in [0.5, 0.6) is 5.75 Å². The molecule has 0 radical (unpaired) electrons. The number of hydrogen-bond acceptors (Lipinski definition) is 3. The number of methoxy groups -OCH3 is 1. The summed E-state index contributed by atoms with van der Waals surface area (Å²) in [5.74, 6) is -0.657. The van der Waals surface area contributed by atoms with E-state index in [1.165, 1.54) is 19.2 Å². The van der Waals surface area contributed by atoms with Crippen LogP contribution >= 0.6 is 0 Å². The minimum Gasteiger partial charge on any atom is -0.491 e. The van der Waals surface area contributed by atoms with Crippen molar-refractivity contribution in [3.05, 3.63) is 69.9 Å². The standard InChI is InChI=1S/C23H23F3N2O2/c1-13(14-6-4-8-16(19(14)24)21(25)26)27-18-9-5-7-15-17(18)12-28(23(2)10-11-23)22(29)20(15)30-3/h4-9,12-13,21,27H,10-11H2,1-3H3/t13-/m1/s1. The molecule has 0 aliphatic heterocycles. The van der Waals surface area contributed by atoms with Crippen LogP contribution in [0.3, 0.4) is 0 Å². The zero-order valence-corrected chi connectivity index (χ0v) is 17.0. The molecule has 1 N–H and O–H groups in total. The Morgan fingerprint density at radius 2 is 1.77 bits per heavy atom. The largest absolute Gasteiger partial charge is 0.491 e. The Kier molecular flexibility index (Phi) is 5.00. The Balaban J connectivity index is 1.81. The van der Waals surface area contributed by atoms with Crippen LogP contribution in [0.15, 0.2) is 47.4 Å². The fraction of sp³-hybridized carbons (Fsp3) is 0.348. The van der Waals surface area contributed by atoms with Crippen LogP contribution in [0, 0.1) is 5.82 Å². The van der Waals surface area contributed by atoms with Gasteiger partial charge in [0.25, 0.3) is 12.0 Å². The third-order valence-corrected chi connectivity index (χ3v) is 5.91. The van der Waals surface area contributed by atoms with Crippen molar-refractivity contribution in [3.8, 4) is 5.75 Å². The highest BCUT2D eigenvalue weighted by Gasteiger charge is 2.41. The van der Waals surface area contributed by atoms with Crippen molar-refractivity contribution >= 4 is 16.5 Å². The summed E-state index contributed by atoms with van der Waals surface area (Å²) in [5.41, 5.74) is -0.228. The second-order valence-corrected chi connectivity index (χ2v) is 8.02. The molecule has 0 unspecified atom stereocenters. The Hall–Kier alpha value is -2.96. The minimum atomic E-state index is -2.88.